The quantitative estimate of drug-likeness (QED) is 0.693. The van der Waals surface area contributed by atoms with Crippen molar-refractivity contribution >= 4 is 40.7 Å². The Morgan fingerprint density at radius 1 is 1.04 bits per heavy atom. The molecule has 0 saturated heterocycles. The third-order valence-corrected chi connectivity index (χ3v) is 4.73. The number of halogens is 2. The second-order valence-corrected chi connectivity index (χ2v) is 6.73. The van der Waals surface area contributed by atoms with E-state index in [1.165, 1.54) is 12.0 Å². The molecule has 2 amide bonds. The molecule has 0 bridgehead atoms. The zero-order chi connectivity index (χ0) is 20.7. The van der Waals surface area contributed by atoms with Crippen LogP contribution in [0.4, 0.5) is 5.69 Å². The summed E-state index contributed by atoms with van der Waals surface area (Å²) in [5.74, 6) is 0.566. The van der Waals surface area contributed by atoms with Crippen molar-refractivity contribution in [2.45, 2.75) is 13.3 Å². The average Bonchev–Trinajstić information content (AvgIpc) is 2.68. The second kappa shape index (κ2) is 10.2. The Kier molecular flexibility index (Phi) is 7.96. The Morgan fingerprint density at radius 3 is 2.25 bits per heavy atom. The topological polar surface area (TPSA) is 67.9 Å². The van der Waals surface area contributed by atoms with Crippen LogP contribution < -0.4 is 14.8 Å². The number of benzene rings is 2. The minimum Gasteiger partial charge on any atom is -0.493 e. The van der Waals surface area contributed by atoms with Gasteiger partial charge in [0.05, 0.1) is 42.9 Å². The van der Waals surface area contributed by atoms with Crippen molar-refractivity contribution in [2.24, 2.45) is 0 Å². The molecule has 0 fully saturated rings. The normalized spacial score (nSPS) is 10.3. The van der Waals surface area contributed by atoms with Gasteiger partial charge in [-0.05, 0) is 36.8 Å². The fourth-order valence-electron chi connectivity index (χ4n) is 2.62. The van der Waals surface area contributed by atoms with Crippen molar-refractivity contribution in [1.82, 2.24) is 4.90 Å². The Labute approximate surface area is 174 Å². The van der Waals surface area contributed by atoms with E-state index in [0.717, 1.165) is 5.56 Å². The average molecular weight is 425 g/mol. The van der Waals surface area contributed by atoms with Gasteiger partial charge in [-0.3, -0.25) is 9.59 Å². The fourth-order valence-corrected chi connectivity index (χ4v) is 3.11. The number of carbonyl (C=O) groups is 2. The van der Waals surface area contributed by atoms with Gasteiger partial charge in [-0.25, -0.2) is 0 Å². The molecule has 0 aliphatic heterocycles. The van der Waals surface area contributed by atoms with Crippen LogP contribution in [0.2, 0.25) is 10.0 Å². The summed E-state index contributed by atoms with van der Waals surface area (Å²) < 4.78 is 10.5. The van der Waals surface area contributed by atoms with Gasteiger partial charge in [-0.1, -0.05) is 35.3 Å². The van der Waals surface area contributed by atoms with E-state index >= 15 is 0 Å². The third kappa shape index (κ3) is 5.53. The van der Waals surface area contributed by atoms with Gasteiger partial charge >= 0.3 is 0 Å². The van der Waals surface area contributed by atoms with Gasteiger partial charge < -0.3 is 19.7 Å². The summed E-state index contributed by atoms with van der Waals surface area (Å²) in [7, 11) is 3.08. The standard InChI is InChI=1S/C20H22Cl2N2O4/c1-4-24(12-18(25)23-20-14(21)6-5-7-15(20)22)19(26)11-13-8-9-16(27-2)17(10-13)28-3/h5-10H,4,11-12H2,1-3H3,(H,23,25). The Bertz CT molecular complexity index is 838. The van der Waals surface area contributed by atoms with Crippen LogP contribution in [0.1, 0.15) is 12.5 Å². The molecule has 0 unspecified atom stereocenters. The number of ether oxygens (including phenoxy) is 2. The van der Waals surface area contributed by atoms with E-state index in [2.05, 4.69) is 5.32 Å². The van der Waals surface area contributed by atoms with Gasteiger partial charge in [-0.2, -0.15) is 0 Å². The molecule has 0 spiro atoms. The first-order valence-corrected chi connectivity index (χ1v) is 9.37. The SMILES string of the molecule is CCN(CC(=O)Nc1c(Cl)cccc1Cl)C(=O)Cc1ccc(OC)c(OC)c1. The molecule has 2 rings (SSSR count). The van der Waals surface area contributed by atoms with Crippen LogP contribution in [-0.4, -0.2) is 44.0 Å². The van der Waals surface area contributed by atoms with E-state index in [-0.39, 0.29) is 24.8 Å². The molecule has 0 saturated carbocycles. The summed E-state index contributed by atoms with van der Waals surface area (Å²) in [6.07, 6.45) is 0.133. The predicted molar refractivity (Wildman–Crippen MR) is 111 cm³/mol. The van der Waals surface area contributed by atoms with Gasteiger partial charge in [0.1, 0.15) is 0 Å². The number of likely N-dealkylation sites (N-methyl/N-ethyl adjacent to an activating group) is 1. The molecule has 0 atom stereocenters. The molecule has 6 nitrogen and oxygen atoms in total. The molecule has 2 aromatic carbocycles. The van der Waals surface area contributed by atoms with Crippen LogP contribution >= 0.6 is 23.2 Å². The molecule has 2 aromatic rings. The van der Waals surface area contributed by atoms with E-state index < -0.39 is 0 Å². The number of rotatable bonds is 8. The lowest BCUT2D eigenvalue weighted by atomic mass is 10.1. The van der Waals surface area contributed by atoms with Crippen LogP contribution in [-0.2, 0) is 16.0 Å². The largest absolute Gasteiger partial charge is 0.493 e. The fraction of sp³-hybridized carbons (Fsp3) is 0.300. The highest BCUT2D eigenvalue weighted by atomic mass is 35.5. The molecule has 0 radical (unpaired) electrons. The van der Waals surface area contributed by atoms with Crippen molar-refractivity contribution in [1.29, 1.82) is 0 Å². The summed E-state index contributed by atoms with van der Waals surface area (Å²) in [6, 6.07) is 10.2. The maximum absolute atomic E-state index is 12.6. The van der Waals surface area contributed by atoms with Gasteiger partial charge in [0.15, 0.2) is 11.5 Å². The molecule has 28 heavy (non-hydrogen) atoms. The maximum Gasteiger partial charge on any atom is 0.244 e. The number of para-hydroxylation sites is 1. The van der Waals surface area contributed by atoms with Crippen molar-refractivity contribution < 1.29 is 19.1 Å². The molecular formula is C20H22Cl2N2O4. The number of amides is 2. The van der Waals surface area contributed by atoms with Crippen molar-refractivity contribution in [3.63, 3.8) is 0 Å². The van der Waals surface area contributed by atoms with E-state index in [4.69, 9.17) is 32.7 Å². The van der Waals surface area contributed by atoms with Crippen LogP contribution in [0.3, 0.4) is 0 Å². The highest BCUT2D eigenvalue weighted by molar-refractivity contribution is 6.39. The molecule has 0 aliphatic rings. The smallest absolute Gasteiger partial charge is 0.244 e. The number of anilines is 1. The summed E-state index contributed by atoms with van der Waals surface area (Å²) in [4.78, 5) is 26.5. The van der Waals surface area contributed by atoms with Gasteiger partial charge in [0, 0.05) is 6.54 Å². The number of hydrogen-bond donors (Lipinski definition) is 1. The number of methoxy groups -OCH3 is 2. The first-order valence-electron chi connectivity index (χ1n) is 8.62. The minimum atomic E-state index is -0.377. The van der Waals surface area contributed by atoms with Crippen LogP contribution in [0.25, 0.3) is 0 Å². The third-order valence-electron chi connectivity index (χ3n) is 4.10. The molecule has 1 N–H and O–H groups in total. The van der Waals surface area contributed by atoms with Crippen LogP contribution in [0.15, 0.2) is 36.4 Å². The van der Waals surface area contributed by atoms with E-state index in [1.54, 1.807) is 43.5 Å². The molecular weight excluding hydrogens is 403 g/mol. The molecule has 0 heterocycles. The minimum absolute atomic E-state index is 0.107. The molecule has 8 heteroatoms. The Hall–Kier alpha value is -2.44. The number of hydrogen-bond acceptors (Lipinski definition) is 4. The summed E-state index contributed by atoms with van der Waals surface area (Å²) in [5, 5.41) is 3.33. The molecule has 0 aliphatic carbocycles. The first kappa shape index (κ1) is 21.9. The van der Waals surface area contributed by atoms with Crippen molar-refractivity contribution in [3.8, 4) is 11.5 Å². The second-order valence-electron chi connectivity index (χ2n) is 5.92. The predicted octanol–water partition coefficient (Wildman–Crippen LogP) is 4.04. The lowest BCUT2D eigenvalue weighted by Crippen LogP contribution is -2.38. The monoisotopic (exact) mass is 424 g/mol. The zero-order valence-electron chi connectivity index (χ0n) is 15.9. The number of nitrogens with zero attached hydrogens (tertiary/aromatic N) is 1. The molecule has 150 valence electrons. The van der Waals surface area contributed by atoms with Crippen molar-refractivity contribution in [2.75, 3.05) is 32.6 Å². The number of carbonyl (C=O) groups excluding carboxylic acids is 2. The highest BCUT2D eigenvalue weighted by Gasteiger charge is 2.18. The van der Waals surface area contributed by atoms with Gasteiger partial charge in [0.25, 0.3) is 0 Å². The van der Waals surface area contributed by atoms with E-state index in [0.29, 0.717) is 33.8 Å². The van der Waals surface area contributed by atoms with E-state index in [1.807, 2.05) is 6.92 Å². The summed E-state index contributed by atoms with van der Waals surface area (Å²) in [6.45, 7) is 2.09. The highest BCUT2D eigenvalue weighted by Crippen LogP contribution is 2.30. The Morgan fingerprint density at radius 2 is 1.68 bits per heavy atom. The van der Waals surface area contributed by atoms with Gasteiger partial charge in [-0.15, -0.1) is 0 Å². The Balaban J connectivity index is 2.04. The van der Waals surface area contributed by atoms with Crippen LogP contribution in [0.5, 0.6) is 11.5 Å². The van der Waals surface area contributed by atoms with Crippen LogP contribution in [0, 0.1) is 0 Å². The maximum atomic E-state index is 12.6. The van der Waals surface area contributed by atoms with E-state index in [9.17, 15) is 9.59 Å². The lowest BCUT2D eigenvalue weighted by molar-refractivity contribution is -0.133. The summed E-state index contributed by atoms with van der Waals surface area (Å²) >= 11 is 12.1. The first-order chi connectivity index (χ1) is 13.4. The molecule has 0 aromatic heterocycles. The number of nitrogens with one attached hydrogen (secondary N) is 1. The zero-order valence-corrected chi connectivity index (χ0v) is 17.4. The van der Waals surface area contributed by atoms with Gasteiger partial charge in [0.2, 0.25) is 11.8 Å². The van der Waals surface area contributed by atoms with Crippen molar-refractivity contribution in [3.05, 3.63) is 52.0 Å². The lowest BCUT2D eigenvalue weighted by Gasteiger charge is -2.21. The summed E-state index contributed by atoms with van der Waals surface area (Å²) in [5.41, 5.74) is 1.09.